The van der Waals surface area contributed by atoms with E-state index in [9.17, 15) is 10.1 Å². The molecule has 1 amide bonds. The number of hydrogen-bond donors (Lipinski definition) is 1. The Bertz CT molecular complexity index is 917. The SMILES string of the molecule is COc1ccc(CN2CCN([C@@H](C)C(=O)Nc3ccccc3C#N)CC2)cc1OC. The first-order chi connectivity index (χ1) is 14.5. The van der Waals surface area contributed by atoms with E-state index in [0.29, 0.717) is 11.3 Å². The molecule has 0 aliphatic carbocycles. The molecule has 7 nitrogen and oxygen atoms in total. The average Bonchev–Trinajstić information content (AvgIpc) is 2.79. The number of para-hydroxylation sites is 1. The fourth-order valence-corrected chi connectivity index (χ4v) is 3.64. The van der Waals surface area contributed by atoms with Crippen LogP contribution in [0.3, 0.4) is 0 Å². The highest BCUT2D eigenvalue weighted by atomic mass is 16.5. The van der Waals surface area contributed by atoms with Crippen molar-refractivity contribution in [1.29, 1.82) is 5.26 Å². The summed E-state index contributed by atoms with van der Waals surface area (Å²) in [4.78, 5) is 17.2. The summed E-state index contributed by atoms with van der Waals surface area (Å²) in [6, 6.07) is 14.9. The highest BCUT2D eigenvalue weighted by Gasteiger charge is 2.26. The van der Waals surface area contributed by atoms with Crippen LogP contribution < -0.4 is 14.8 Å². The maximum Gasteiger partial charge on any atom is 0.241 e. The van der Waals surface area contributed by atoms with Gasteiger partial charge in [-0.05, 0) is 36.8 Å². The summed E-state index contributed by atoms with van der Waals surface area (Å²) < 4.78 is 10.7. The molecule has 0 unspecified atom stereocenters. The van der Waals surface area contributed by atoms with Crippen molar-refractivity contribution in [3.8, 4) is 17.6 Å². The Morgan fingerprint density at radius 2 is 1.80 bits per heavy atom. The number of carbonyl (C=O) groups excluding carboxylic acids is 1. The van der Waals surface area contributed by atoms with Crippen LogP contribution in [0.4, 0.5) is 5.69 Å². The van der Waals surface area contributed by atoms with Gasteiger partial charge in [-0.3, -0.25) is 14.6 Å². The van der Waals surface area contributed by atoms with Gasteiger partial charge in [-0.15, -0.1) is 0 Å². The molecule has 2 aromatic rings. The summed E-state index contributed by atoms with van der Waals surface area (Å²) in [5.41, 5.74) is 2.20. The van der Waals surface area contributed by atoms with E-state index in [0.717, 1.165) is 44.2 Å². The van der Waals surface area contributed by atoms with E-state index in [1.54, 1.807) is 32.4 Å². The molecule has 0 bridgehead atoms. The molecule has 1 atom stereocenters. The Hall–Kier alpha value is -3.08. The minimum Gasteiger partial charge on any atom is -0.493 e. The van der Waals surface area contributed by atoms with Gasteiger partial charge in [0.2, 0.25) is 5.91 Å². The number of ether oxygens (including phenoxy) is 2. The predicted octanol–water partition coefficient (Wildman–Crippen LogP) is 2.72. The molecule has 1 saturated heterocycles. The van der Waals surface area contributed by atoms with Gasteiger partial charge in [0.15, 0.2) is 11.5 Å². The van der Waals surface area contributed by atoms with Crippen LogP contribution in [0.2, 0.25) is 0 Å². The van der Waals surface area contributed by atoms with E-state index in [1.807, 2.05) is 25.1 Å². The van der Waals surface area contributed by atoms with Gasteiger partial charge in [0.1, 0.15) is 6.07 Å². The van der Waals surface area contributed by atoms with E-state index in [4.69, 9.17) is 9.47 Å². The second-order valence-electron chi connectivity index (χ2n) is 7.32. The van der Waals surface area contributed by atoms with Crippen LogP contribution >= 0.6 is 0 Å². The standard InChI is InChI=1S/C23H28N4O3/c1-17(23(28)25-20-7-5-4-6-19(20)15-24)27-12-10-26(11-13-27)16-18-8-9-21(29-2)22(14-18)30-3/h4-9,14,17H,10-13,16H2,1-3H3,(H,25,28)/t17-/m0/s1. The highest BCUT2D eigenvalue weighted by molar-refractivity contribution is 5.95. The van der Waals surface area contributed by atoms with E-state index in [2.05, 4.69) is 27.3 Å². The first-order valence-corrected chi connectivity index (χ1v) is 10.0. The maximum absolute atomic E-state index is 12.7. The molecule has 7 heteroatoms. The first kappa shape index (κ1) is 21.6. The summed E-state index contributed by atoms with van der Waals surface area (Å²) >= 11 is 0. The van der Waals surface area contributed by atoms with Gasteiger partial charge in [0, 0.05) is 32.7 Å². The number of nitrogens with one attached hydrogen (secondary N) is 1. The first-order valence-electron chi connectivity index (χ1n) is 10.0. The van der Waals surface area contributed by atoms with Crippen molar-refractivity contribution in [2.24, 2.45) is 0 Å². The summed E-state index contributed by atoms with van der Waals surface area (Å²) in [6.45, 7) is 6.10. The van der Waals surface area contributed by atoms with Crippen LogP contribution in [0.5, 0.6) is 11.5 Å². The van der Waals surface area contributed by atoms with Gasteiger partial charge in [0.05, 0.1) is 31.5 Å². The third kappa shape index (κ3) is 5.09. The number of nitriles is 1. The van der Waals surface area contributed by atoms with Crippen molar-refractivity contribution >= 4 is 11.6 Å². The lowest BCUT2D eigenvalue weighted by Crippen LogP contribution is -2.52. The van der Waals surface area contributed by atoms with Crippen molar-refractivity contribution in [2.45, 2.75) is 19.5 Å². The van der Waals surface area contributed by atoms with Crippen molar-refractivity contribution in [3.05, 3.63) is 53.6 Å². The minimum atomic E-state index is -0.264. The molecule has 0 radical (unpaired) electrons. The quantitative estimate of drug-likeness (QED) is 0.759. The van der Waals surface area contributed by atoms with Crippen LogP contribution in [0.25, 0.3) is 0 Å². The molecule has 1 aliphatic heterocycles. The van der Waals surface area contributed by atoms with Crippen LogP contribution in [0.15, 0.2) is 42.5 Å². The summed E-state index contributed by atoms with van der Waals surface area (Å²) in [5, 5.41) is 12.1. The van der Waals surface area contributed by atoms with Crippen molar-refractivity contribution < 1.29 is 14.3 Å². The molecule has 1 fully saturated rings. The normalized spacial score (nSPS) is 15.8. The highest BCUT2D eigenvalue weighted by Crippen LogP contribution is 2.28. The van der Waals surface area contributed by atoms with Gasteiger partial charge >= 0.3 is 0 Å². The zero-order valence-corrected chi connectivity index (χ0v) is 17.7. The fourth-order valence-electron chi connectivity index (χ4n) is 3.64. The van der Waals surface area contributed by atoms with Gasteiger partial charge in [-0.1, -0.05) is 18.2 Å². The fraction of sp³-hybridized carbons (Fsp3) is 0.391. The molecule has 0 saturated carbocycles. The van der Waals surface area contributed by atoms with Crippen molar-refractivity contribution in [3.63, 3.8) is 0 Å². The zero-order valence-electron chi connectivity index (χ0n) is 17.7. The molecule has 0 spiro atoms. The van der Waals surface area contributed by atoms with Gasteiger partial charge in [-0.25, -0.2) is 0 Å². The number of rotatable bonds is 7. The average molecular weight is 409 g/mol. The molecular weight excluding hydrogens is 380 g/mol. The van der Waals surface area contributed by atoms with Crippen molar-refractivity contribution in [2.75, 3.05) is 45.7 Å². The molecule has 1 aliphatic rings. The van der Waals surface area contributed by atoms with Gasteiger partial charge < -0.3 is 14.8 Å². The number of nitrogens with zero attached hydrogens (tertiary/aromatic N) is 3. The summed E-state index contributed by atoms with van der Waals surface area (Å²) in [5.74, 6) is 1.37. The molecule has 1 heterocycles. The lowest BCUT2D eigenvalue weighted by atomic mass is 10.1. The van der Waals surface area contributed by atoms with E-state index in [1.165, 1.54) is 5.56 Å². The summed E-state index contributed by atoms with van der Waals surface area (Å²) in [6.07, 6.45) is 0. The summed E-state index contributed by atoms with van der Waals surface area (Å²) in [7, 11) is 3.27. The number of methoxy groups -OCH3 is 2. The molecule has 2 aromatic carbocycles. The second-order valence-corrected chi connectivity index (χ2v) is 7.32. The number of amides is 1. The van der Waals surface area contributed by atoms with Crippen molar-refractivity contribution in [1.82, 2.24) is 9.80 Å². The number of piperazine rings is 1. The predicted molar refractivity (Wildman–Crippen MR) is 116 cm³/mol. The number of hydrogen-bond acceptors (Lipinski definition) is 6. The number of carbonyl (C=O) groups is 1. The molecule has 30 heavy (non-hydrogen) atoms. The Kier molecular flexibility index (Phi) is 7.28. The van der Waals surface area contributed by atoms with E-state index in [-0.39, 0.29) is 11.9 Å². The monoisotopic (exact) mass is 408 g/mol. The molecule has 3 rings (SSSR count). The Morgan fingerprint density at radius 1 is 1.10 bits per heavy atom. The third-order valence-corrected chi connectivity index (χ3v) is 5.49. The molecular formula is C23H28N4O3. The Labute approximate surface area is 177 Å². The van der Waals surface area contributed by atoms with Gasteiger partial charge in [0.25, 0.3) is 0 Å². The maximum atomic E-state index is 12.7. The Balaban J connectivity index is 1.53. The number of benzene rings is 2. The van der Waals surface area contributed by atoms with Crippen LogP contribution in [-0.2, 0) is 11.3 Å². The largest absolute Gasteiger partial charge is 0.493 e. The Morgan fingerprint density at radius 3 is 2.47 bits per heavy atom. The third-order valence-electron chi connectivity index (χ3n) is 5.49. The lowest BCUT2D eigenvalue weighted by Gasteiger charge is -2.37. The minimum absolute atomic E-state index is 0.0916. The molecule has 0 aromatic heterocycles. The zero-order chi connectivity index (χ0) is 21.5. The van der Waals surface area contributed by atoms with E-state index < -0.39 is 0 Å². The van der Waals surface area contributed by atoms with Gasteiger partial charge in [-0.2, -0.15) is 5.26 Å². The van der Waals surface area contributed by atoms with Crippen LogP contribution in [-0.4, -0.2) is 62.1 Å². The van der Waals surface area contributed by atoms with E-state index >= 15 is 0 Å². The second kappa shape index (κ2) is 10.1. The van der Waals surface area contributed by atoms with Crippen LogP contribution in [0.1, 0.15) is 18.1 Å². The molecule has 158 valence electrons. The smallest absolute Gasteiger partial charge is 0.241 e. The molecule has 1 N–H and O–H groups in total. The number of anilines is 1. The van der Waals surface area contributed by atoms with Crippen LogP contribution in [0, 0.1) is 11.3 Å². The lowest BCUT2D eigenvalue weighted by molar-refractivity contribution is -0.121. The topological polar surface area (TPSA) is 77.8 Å².